The van der Waals surface area contributed by atoms with E-state index in [0.29, 0.717) is 21.9 Å². The molecule has 1 amide bonds. The first-order valence-electron chi connectivity index (χ1n) is 7.20. The van der Waals surface area contributed by atoms with Crippen LogP contribution in [0.2, 0.25) is 0 Å². The Kier molecular flexibility index (Phi) is 3.09. The number of hydrogen-bond donors (Lipinski definition) is 2. The van der Waals surface area contributed by atoms with E-state index >= 15 is 0 Å². The predicted octanol–water partition coefficient (Wildman–Crippen LogP) is 3.14. The van der Waals surface area contributed by atoms with Gasteiger partial charge in [0.15, 0.2) is 0 Å². The number of rotatable bonds is 2. The van der Waals surface area contributed by atoms with Gasteiger partial charge in [0.05, 0.1) is 17.5 Å². The molecule has 23 heavy (non-hydrogen) atoms. The SMILES string of the molecule is O=C1c2ccccc2NC(c2cn[nH]c2-c2ccccc2)N1[O-]. The van der Waals surface area contributed by atoms with Crippen molar-refractivity contribution in [3.05, 3.63) is 77.1 Å². The zero-order chi connectivity index (χ0) is 15.8. The summed E-state index contributed by atoms with van der Waals surface area (Å²) < 4.78 is 0. The van der Waals surface area contributed by atoms with Crippen LogP contribution in [-0.2, 0) is 0 Å². The van der Waals surface area contributed by atoms with E-state index in [0.717, 1.165) is 11.3 Å². The van der Waals surface area contributed by atoms with Crippen LogP contribution in [0.25, 0.3) is 11.3 Å². The fourth-order valence-electron chi connectivity index (χ4n) is 2.78. The Balaban J connectivity index is 1.78. The molecule has 0 spiro atoms. The molecule has 0 saturated heterocycles. The summed E-state index contributed by atoms with van der Waals surface area (Å²) in [5.41, 5.74) is 3.28. The Labute approximate surface area is 132 Å². The van der Waals surface area contributed by atoms with Gasteiger partial charge in [-0.3, -0.25) is 9.89 Å². The number of hydroxylamine groups is 2. The van der Waals surface area contributed by atoms with Crippen LogP contribution in [0.1, 0.15) is 22.1 Å². The zero-order valence-corrected chi connectivity index (χ0v) is 12.1. The minimum atomic E-state index is -0.814. The van der Waals surface area contributed by atoms with Crippen molar-refractivity contribution in [1.29, 1.82) is 0 Å². The number of fused-ring (bicyclic) bond motifs is 1. The first-order valence-corrected chi connectivity index (χ1v) is 7.20. The molecular weight excluding hydrogens is 292 g/mol. The number of benzene rings is 2. The number of anilines is 1. The normalized spacial score (nSPS) is 16.8. The molecule has 1 aliphatic heterocycles. The number of aromatic amines is 1. The standard InChI is InChI=1S/C17H13N4O2/c22-17-12-8-4-5-9-14(12)19-16(21(17)23)13-10-18-20-15(13)11-6-2-1-3-7-11/h1-10,16,19H,(H,18,20)/q-1. The van der Waals surface area contributed by atoms with Crippen LogP contribution in [0, 0.1) is 5.21 Å². The maximum absolute atomic E-state index is 12.4. The van der Waals surface area contributed by atoms with E-state index in [9.17, 15) is 10.0 Å². The fraction of sp³-hybridized carbons (Fsp3) is 0.0588. The lowest BCUT2D eigenvalue weighted by atomic mass is 10.0. The third-order valence-electron chi connectivity index (χ3n) is 3.91. The summed E-state index contributed by atoms with van der Waals surface area (Å²) in [4.78, 5) is 12.3. The Morgan fingerprint density at radius 2 is 1.78 bits per heavy atom. The third kappa shape index (κ3) is 2.16. The van der Waals surface area contributed by atoms with Crippen molar-refractivity contribution in [2.75, 3.05) is 5.32 Å². The highest BCUT2D eigenvalue weighted by Gasteiger charge is 2.29. The molecule has 0 radical (unpaired) electrons. The van der Waals surface area contributed by atoms with Crippen LogP contribution in [0.4, 0.5) is 5.69 Å². The molecule has 1 aliphatic rings. The zero-order valence-electron chi connectivity index (χ0n) is 12.1. The second-order valence-corrected chi connectivity index (χ2v) is 5.29. The van der Waals surface area contributed by atoms with Gasteiger partial charge in [-0.2, -0.15) is 5.10 Å². The van der Waals surface area contributed by atoms with Gasteiger partial charge in [0.1, 0.15) is 6.17 Å². The predicted molar refractivity (Wildman–Crippen MR) is 86.4 cm³/mol. The molecule has 0 fully saturated rings. The number of amides is 1. The lowest BCUT2D eigenvalue weighted by molar-refractivity contribution is 0.0771. The Morgan fingerprint density at radius 1 is 1.04 bits per heavy atom. The van der Waals surface area contributed by atoms with E-state index in [1.807, 2.05) is 36.4 Å². The molecule has 2 heterocycles. The molecule has 114 valence electrons. The van der Waals surface area contributed by atoms with Gasteiger partial charge in [-0.1, -0.05) is 42.5 Å². The largest absolute Gasteiger partial charge is 0.754 e. The second-order valence-electron chi connectivity index (χ2n) is 5.29. The third-order valence-corrected chi connectivity index (χ3v) is 3.91. The van der Waals surface area contributed by atoms with Gasteiger partial charge in [-0.15, -0.1) is 0 Å². The molecule has 4 rings (SSSR count). The van der Waals surface area contributed by atoms with E-state index in [1.54, 1.807) is 24.4 Å². The van der Waals surface area contributed by atoms with Crippen molar-refractivity contribution < 1.29 is 4.79 Å². The quantitative estimate of drug-likeness (QED) is 0.761. The van der Waals surface area contributed by atoms with Crippen LogP contribution < -0.4 is 5.32 Å². The van der Waals surface area contributed by atoms with Gasteiger partial charge in [-0.05, 0) is 17.7 Å². The Hall–Kier alpha value is -3.12. The average molecular weight is 305 g/mol. The first-order chi connectivity index (χ1) is 11.3. The first kappa shape index (κ1) is 13.5. The number of carbonyl (C=O) groups is 1. The van der Waals surface area contributed by atoms with Crippen molar-refractivity contribution in [2.45, 2.75) is 6.17 Å². The molecule has 0 saturated carbocycles. The summed E-state index contributed by atoms with van der Waals surface area (Å²) in [5.74, 6) is -0.551. The summed E-state index contributed by atoms with van der Waals surface area (Å²) >= 11 is 0. The highest BCUT2D eigenvalue weighted by molar-refractivity contribution is 6.02. The lowest BCUT2D eigenvalue weighted by Crippen LogP contribution is -2.39. The van der Waals surface area contributed by atoms with Gasteiger partial charge >= 0.3 is 0 Å². The summed E-state index contributed by atoms with van der Waals surface area (Å²) in [6.07, 6.45) is 0.762. The highest BCUT2D eigenvalue weighted by atomic mass is 16.5. The monoisotopic (exact) mass is 305 g/mol. The van der Waals surface area contributed by atoms with Crippen LogP contribution in [0.3, 0.4) is 0 Å². The molecule has 0 aliphatic carbocycles. The fourth-order valence-corrected chi connectivity index (χ4v) is 2.78. The number of H-pyrrole nitrogens is 1. The van der Waals surface area contributed by atoms with E-state index in [4.69, 9.17) is 0 Å². The van der Waals surface area contributed by atoms with Crippen molar-refractivity contribution in [2.24, 2.45) is 0 Å². The molecule has 1 aromatic heterocycles. The summed E-state index contributed by atoms with van der Waals surface area (Å²) in [5, 5.41) is 23.0. The molecule has 2 N–H and O–H groups in total. The van der Waals surface area contributed by atoms with Crippen molar-refractivity contribution in [1.82, 2.24) is 15.3 Å². The van der Waals surface area contributed by atoms with E-state index in [-0.39, 0.29) is 0 Å². The second kappa shape index (κ2) is 5.26. The summed E-state index contributed by atoms with van der Waals surface area (Å²) in [6.45, 7) is 0. The molecule has 6 nitrogen and oxygen atoms in total. The van der Waals surface area contributed by atoms with Crippen LogP contribution in [0.15, 0.2) is 60.8 Å². The van der Waals surface area contributed by atoms with Gasteiger partial charge in [0.2, 0.25) is 5.91 Å². The van der Waals surface area contributed by atoms with Gasteiger partial charge in [0.25, 0.3) is 0 Å². The molecule has 1 unspecified atom stereocenters. The van der Waals surface area contributed by atoms with Gasteiger partial charge in [-0.25, -0.2) is 0 Å². The lowest BCUT2D eigenvalue weighted by Gasteiger charge is -2.42. The molecule has 2 aromatic carbocycles. The van der Waals surface area contributed by atoms with Crippen LogP contribution in [-0.4, -0.2) is 21.2 Å². The number of para-hydroxylation sites is 1. The Bertz CT molecular complexity index is 860. The summed E-state index contributed by atoms with van der Waals surface area (Å²) in [6, 6.07) is 16.6. The topological polar surface area (TPSA) is 84.1 Å². The molecule has 3 aromatic rings. The van der Waals surface area contributed by atoms with Gasteiger partial charge < -0.3 is 15.6 Å². The Morgan fingerprint density at radius 3 is 2.61 bits per heavy atom. The molecule has 0 bridgehead atoms. The number of nitrogens with one attached hydrogen (secondary N) is 2. The van der Waals surface area contributed by atoms with E-state index in [2.05, 4.69) is 15.5 Å². The van der Waals surface area contributed by atoms with Crippen LogP contribution >= 0.6 is 0 Å². The number of carbonyl (C=O) groups excluding carboxylic acids is 1. The van der Waals surface area contributed by atoms with Crippen molar-refractivity contribution in [3.63, 3.8) is 0 Å². The van der Waals surface area contributed by atoms with Crippen LogP contribution in [0.5, 0.6) is 0 Å². The molecular formula is C17H13N4O2-. The summed E-state index contributed by atoms with van der Waals surface area (Å²) in [7, 11) is 0. The maximum atomic E-state index is 12.4. The molecule has 6 heteroatoms. The van der Waals surface area contributed by atoms with E-state index in [1.165, 1.54) is 0 Å². The number of nitrogens with zero attached hydrogens (tertiary/aromatic N) is 2. The average Bonchev–Trinajstić information content (AvgIpc) is 3.08. The maximum Gasteiger partial charge on any atom is 0.247 e. The van der Waals surface area contributed by atoms with E-state index < -0.39 is 12.1 Å². The minimum absolute atomic E-state index is 0.378. The molecule has 1 atom stereocenters. The smallest absolute Gasteiger partial charge is 0.247 e. The van der Waals surface area contributed by atoms with Gasteiger partial charge in [0, 0.05) is 11.3 Å². The number of aromatic nitrogens is 2. The highest BCUT2D eigenvalue weighted by Crippen LogP contribution is 2.35. The van der Waals surface area contributed by atoms with Crippen molar-refractivity contribution in [3.8, 4) is 11.3 Å². The van der Waals surface area contributed by atoms with Crippen molar-refractivity contribution >= 4 is 11.6 Å². The number of hydrogen-bond acceptors (Lipinski definition) is 4. The minimum Gasteiger partial charge on any atom is -0.754 e.